The van der Waals surface area contributed by atoms with Gasteiger partial charge in [-0.05, 0) is 72.8 Å². The molecule has 0 fully saturated rings. The minimum absolute atomic E-state index is 0.335. The van der Waals surface area contributed by atoms with Crippen molar-refractivity contribution < 1.29 is 4.57 Å². The fraction of sp³-hybridized carbons (Fsp3) is 0. The third-order valence-electron chi connectivity index (χ3n) is 9.17. The fourth-order valence-corrected chi connectivity index (χ4v) is 9.42. The minimum atomic E-state index is -3.96. The molecule has 0 saturated heterocycles. The molecule has 0 aliphatic carbocycles. The molecule has 0 aliphatic rings. The molecule has 3 aromatic heterocycles. The van der Waals surface area contributed by atoms with Crippen LogP contribution in [0.1, 0.15) is 0 Å². The van der Waals surface area contributed by atoms with Crippen molar-refractivity contribution in [2.24, 2.45) is 0 Å². The molecule has 9 heteroatoms. The topological polar surface area (TPSA) is 80.0 Å². The molecule has 8 nitrogen and oxygen atoms in total. The highest BCUT2D eigenvalue weighted by atomic mass is 31.2. The maximum absolute atomic E-state index is 16.7. The Kier molecular flexibility index (Phi) is 8.27. The summed E-state index contributed by atoms with van der Waals surface area (Å²) in [5.41, 5.74) is 5.76. The van der Waals surface area contributed by atoms with E-state index in [2.05, 4.69) is 12.1 Å². The number of rotatable bonds is 9. The van der Waals surface area contributed by atoms with Crippen LogP contribution in [0, 0.1) is 0 Å². The lowest BCUT2D eigenvalue weighted by Crippen LogP contribution is -2.29. The van der Waals surface area contributed by atoms with Gasteiger partial charge in [0.05, 0.1) is 11.0 Å². The van der Waals surface area contributed by atoms with Crippen LogP contribution < -0.4 is 20.7 Å². The molecule has 0 N–H and O–H groups in total. The average Bonchev–Trinajstić information content (AvgIpc) is 3.58. The lowest BCUT2D eigenvalue weighted by atomic mass is 10.2. The predicted molar refractivity (Wildman–Crippen MR) is 215 cm³/mol. The first kappa shape index (κ1) is 32.0. The summed E-state index contributed by atoms with van der Waals surface area (Å²) in [6.45, 7) is 0. The maximum Gasteiger partial charge on any atom is 0.269 e. The van der Waals surface area contributed by atoms with Gasteiger partial charge >= 0.3 is 0 Å². The van der Waals surface area contributed by atoms with E-state index < -0.39 is 7.29 Å². The van der Waals surface area contributed by atoms with Gasteiger partial charge in [0.25, 0.3) is 7.29 Å². The second-order valence-corrected chi connectivity index (χ2v) is 14.8. The number of para-hydroxylation sites is 6. The summed E-state index contributed by atoms with van der Waals surface area (Å²) in [7, 11) is -3.96. The quantitative estimate of drug-likeness (QED) is 0.138. The molecule has 0 aliphatic heterocycles. The van der Waals surface area contributed by atoms with Gasteiger partial charge < -0.3 is 0 Å². The van der Waals surface area contributed by atoms with Crippen LogP contribution in [0.15, 0.2) is 194 Å². The molecule has 0 radical (unpaired) electrons. The number of anilines is 6. The molecule has 254 valence electrons. The summed E-state index contributed by atoms with van der Waals surface area (Å²) in [5.74, 6) is 0.760. The lowest BCUT2D eigenvalue weighted by molar-refractivity contribution is 0.582. The lowest BCUT2D eigenvalue weighted by Gasteiger charge is -2.27. The van der Waals surface area contributed by atoms with E-state index in [9.17, 15) is 0 Å². The third kappa shape index (κ3) is 5.72. The Balaban J connectivity index is 1.32. The average molecular weight is 706 g/mol. The predicted octanol–water partition coefficient (Wildman–Crippen LogP) is 10.1. The highest BCUT2D eigenvalue weighted by Crippen LogP contribution is 2.51. The number of aromatic nitrogens is 5. The van der Waals surface area contributed by atoms with Gasteiger partial charge in [-0.1, -0.05) is 109 Å². The van der Waals surface area contributed by atoms with Crippen molar-refractivity contribution in [3.05, 3.63) is 194 Å². The molecule has 0 saturated carbocycles. The molecule has 6 aromatic carbocycles. The SMILES string of the molecule is O=P(c1ccnc(N(c2ccccc2)c2ccccc2)n1)(c1ccnc(N(c2ccccc2)c2ccccc2)n1)n1c2ccccc2c2ccccc21. The first-order valence-corrected chi connectivity index (χ1v) is 18.9. The number of fused-ring (bicyclic) bond motifs is 3. The van der Waals surface area contributed by atoms with Crippen molar-refractivity contribution in [3.63, 3.8) is 0 Å². The van der Waals surface area contributed by atoms with Crippen molar-refractivity contribution in [1.29, 1.82) is 0 Å². The molecule has 0 atom stereocenters. The molecule has 0 unspecified atom stereocenters. The molecule has 0 bridgehead atoms. The van der Waals surface area contributed by atoms with E-state index in [-0.39, 0.29) is 0 Å². The monoisotopic (exact) mass is 705 g/mol. The first-order chi connectivity index (χ1) is 26.2. The highest BCUT2D eigenvalue weighted by Gasteiger charge is 2.37. The van der Waals surface area contributed by atoms with Gasteiger partial charge in [-0.2, -0.15) is 0 Å². The molecule has 0 amide bonds. The summed E-state index contributed by atoms with van der Waals surface area (Å²) < 4.78 is 18.7. The Labute approximate surface area is 306 Å². The molecule has 9 aromatic rings. The van der Waals surface area contributed by atoms with Crippen molar-refractivity contribution >= 4 is 74.6 Å². The summed E-state index contributed by atoms with van der Waals surface area (Å²) in [6, 6.07) is 59.4. The Morgan fingerprint density at radius 3 is 1.08 bits per heavy atom. The second-order valence-electron chi connectivity index (χ2n) is 12.4. The van der Waals surface area contributed by atoms with E-state index in [1.807, 2.05) is 172 Å². The standard InChI is InChI=1S/C44H32N7OP/c52-53(51-39-27-15-13-25-37(39)38-26-14-16-28-40(38)51,41-29-31-45-43(47-41)49(33-17-5-1-6-18-33)34-19-7-2-8-20-34)42-30-32-46-44(48-42)50(35-21-9-3-10-22-35)36-23-11-4-12-24-36/h1-32H. The second kappa shape index (κ2) is 13.7. The Hall–Kier alpha value is -6.89. The van der Waals surface area contributed by atoms with Gasteiger partial charge in [0, 0.05) is 45.9 Å². The van der Waals surface area contributed by atoms with Crippen LogP contribution in [0.2, 0.25) is 0 Å². The normalized spacial score (nSPS) is 11.5. The van der Waals surface area contributed by atoms with E-state index in [4.69, 9.17) is 19.9 Å². The van der Waals surface area contributed by atoms with Crippen LogP contribution >= 0.6 is 7.29 Å². The molecule has 53 heavy (non-hydrogen) atoms. The van der Waals surface area contributed by atoms with Crippen LogP contribution in [0.4, 0.5) is 34.6 Å². The molecule has 9 rings (SSSR count). The van der Waals surface area contributed by atoms with Gasteiger partial charge in [0.1, 0.15) is 10.9 Å². The van der Waals surface area contributed by atoms with E-state index in [0.29, 0.717) is 22.8 Å². The van der Waals surface area contributed by atoms with Crippen molar-refractivity contribution in [2.75, 3.05) is 9.80 Å². The van der Waals surface area contributed by atoms with E-state index in [0.717, 1.165) is 44.6 Å². The number of hydrogen-bond acceptors (Lipinski definition) is 7. The minimum Gasteiger partial charge on any atom is -0.286 e. The number of nitrogens with zero attached hydrogens (tertiary/aromatic N) is 7. The summed E-state index contributed by atoms with van der Waals surface area (Å²) in [5, 5.41) is 1.97. The van der Waals surface area contributed by atoms with E-state index in [1.165, 1.54) is 0 Å². The molecule has 0 spiro atoms. The van der Waals surface area contributed by atoms with Gasteiger partial charge in [-0.15, -0.1) is 0 Å². The van der Waals surface area contributed by atoms with Crippen LogP contribution in [0.25, 0.3) is 21.8 Å². The Morgan fingerprint density at radius 1 is 0.396 bits per heavy atom. The van der Waals surface area contributed by atoms with Crippen LogP contribution in [0.3, 0.4) is 0 Å². The van der Waals surface area contributed by atoms with Crippen LogP contribution in [-0.2, 0) is 4.57 Å². The van der Waals surface area contributed by atoms with Crippen molar-refractivity contribution in [1.82, 2.24) is 24.3 Å². The van der Waals surface area contributed by atoms with Gasteiger partial charge in [0.2, 0.25) is 11.9 Å². The van der Waals surface area contributed by atoms with E-state index >= 15 is 4.57 Å². The first-order valence-electron chi connectivity index (χ1n) is 17.3. The van der Waals surface area contributed by atoms with Gasteiger partial charge in [0.15, 0.2) is 0 Å². The molecular weight excluding hydrogens is 674 g/mol. The Morgan fingerprint density at radius 2 is 0.717 bits per heavy atom. The van der Waals surface area contributed by atoms with Crippen LogP contribution in [0.5, 0.6) is 0 Å². The molecule has 3 heterocycles. The number of benzene rings is 6. The van der Waals surface area contributed by atoms with Crippen molar-refractivity contribution in [3.8, 4) is 0 Å². The largest absolute Gasteiger partial charge is 0.286 e. The highest BCUT2D eigenvalue weighted by molar-refractivity contribution is 7.77. The van der Waals surface area contributed by atoms with Crippen molar-refractivity contribution in [2.45, 2.75) is 0 Å². The molecular formula is C44H32N7OP. The zero-order valence-electron chi connectivity index (χ0n) is 28.5. The summed E-state index contributed by atoms with van der Waals surface area (Å²) in [4.78, 5) is 23.9. The summed E-state index contributed by atoms with van der Waals surface area (Å²) in [6.07, 6.45) is 3.36. The Bertz CT molecular complexity index is 2460. The smallest absolute Gasteiger partial charge is 0.269 e. The van der Waals surface area contributed by atoms with Gasteiger partial charge in [-0.25, -0.2) is 19.9 Å². The van der Waals surface area contributed by atoms with Gasteiger partial charge in [-0.3, -0.25) is 18.7 Å². The van der Waals surface area contributed by atoms with E-state index in [1.54, 1.807) is 24.5 Å². The fourth-order valence-electron chi connectivity index (χ4n) is 6.83. The van der Waals surface area contributed by atoms with Crippen LogP contribution in [-0.4, -0.2) is 24.3 Å². The summed E-state index contributed by atoms with van der Waals surface area (Å²) >= 11 is 0. The third-order valence-corrected chi connectivity index (χ3v) is 11.9. The zero-order chi connectivity index (χ0) is 35.6. The number of hydrogen-bond donors (Lipinski definition) is 0. The zero-order valence-corrected chi connectivity index (χ0v) is 29.4. The maximum atomic E-state index is 16.7.